The second kappa shape index (κ2) is 10.0. The summed E-state index contributed by atoms with van der Waals surface area (Å²) >= 11 is 3.72. The molecule has 7 nitrogen and oxygen atoms in total. The molecule has 0 amide bonds. The lowest BCUT2D eigenvalue weighted by Crippen LogP contribution is -1.86. The second-order valence-electron chi connectivity index (χ2n) is 11.6. The number of hydrogen-bond donors (Lipinski definition) is 2. The minimum Gasteiger partial charge on any atom is -0.339 e. The average Bonchev–Trinajstić information content (AvgIpc) is 3.85. The van der Waals surface area contributed by atoms with Gasteiger partial charge in [0.05, 0.1) is 11.2 Å². The van der Waals surface area contributed by atoms with Gasteiger partial charge in [-0.25, -0.2) is 24.9 Å². The van der Waals surface area contributed by atoms with Gasteiger partial charge in [-0.1, -0.05) is 125 Å². The molecule has 0 fully saturated rings. The molecule has 0 spiro atoms. The zero-order valence-electron chi connectivity index (χ0n) is 24.7. The van der Waals surface area contributed by atoms with Gasteiger partial charge in [0.15, 0.2) is 17.5 Å². The third kappa shape index (κ3) is 4.01. The summed E-state index contributed by atoms with van der Waals surface area (Å²) in [6.07, 6.45) is 0. The van der Waals surface area contributed by atoms with Crippen LogP contribution in [-0.4, -0.2) is 34.9 Å². The van der Waals surface area contributed by atoms with Crippen LogP contribution in [0.4, 0.5) is 0 Å². The highest BCUT2D eigenvalue weighted by molar-refractivity contribution is 9.10. The highest BCUT2D eigenvalue weighted by Crippen LogP contribution is 2.44. The van der Waals surface area contributed by atoms with Gasteiger partial charge in [0, 0.05) is 53.8 Å². The summed E-state index contributed by atoms with van der Waals surface area (Å²) in [5.74, 6) is 1.84. The maximum absolute atomic E-state index is 5.31. The molecule has 2 aliphatic heterocycles. The van der Waals surface area contributed by atoms with E-state index in [0.29, 0.717) is 28.8 Å². The SMILES string of the molecule is Brc1cccc(-c2c3nc(nc4[nH]c(nc5nc(nc6[nH]c2c2ccccc62)-c2ccccc2-5)c2ccccc42)-c2ccccc2-3)c1. The highest BCUT2D eigenvalue weighted by Gasteiger charge is 2.24. The Morgan fingerprint density at radius 2 is 0.915 bits per heavy atom. The predicted octanol–water partition coefficient (Wildman–Crippen LogP) is 9.90. The number of nitrogens with zero attached hydrogens (tertiary/aromatic N) is 5. The minimum atomic E-state index is 0.599. The monoisotopic (exact) mass is 667 g/mol. The molecule has 220 valence electrons. The number of aromatic amines is 2. The Bertz CT molecular complexity index is 2780. The lowest BCUT2D eigenvalue weighted by atomic mass is 9.97. The molecule has 2 aliphatic rings. The van der Waals surface area contributed by atoms with Crippen LogP contribution in [0.25, 0.3) is 101 Å². The maximum Gasteiger partial charge on any atom is 0.164 e. The van der Waals surface area contributed by atoms with Crippen molar-refractivity contribution in [1.82, 2.24) is 34.9 Å². The van der Waals surface area contributed by atoms with E-state index in [1.165, 1.54) is 0 Å². The van der Waals surface area contributed by atoms with Crippen molar-refractivity contribution in [3.05, 3.63) is 126 Å². The Morgan fingerprint density at radius 3 is 1.53 bits per heavy atom. The van der Waals surface area contributed by atoms with Crippen LogP contribution < -0.4 is 0 Å². The summed E-state index contributed by atoms with van der Waals surface area (Å²) in [5, 5.41) is 3.95. The van der Waals surface area contributed by atoms with Gasteiger partial charge in [0.2, 0.25) is 0 Å². The first-order valence-electron chi connectivity index (χ1n) is 15.3. The van der Waals surface area contributed by atoms with E-state index in [1.807, 2.05) is 54.6 Å². The molecular formula is C39H22BrN7. The summed E-state index contributed by atoms with van der Waals surface area (Å²) in [6.45, 7) is 0. The highest BCUT2D eigenvalue weighted by atomic mass is 79.9. The fraction of sp³-hybridized carbons (Fsp3) is 0. The van der Waals surface area contributed by atoms with Crippen molar-refractivity contribution >= 4 is 59.9 Å². The van der Waals surface area contributed by atoms with Crippen molar-refractivity contribution < 1.29 is 0 Å². The molecule has 2 N–H and O–H groups in total. The summed E-state index contributed by atoms with van der Waals surface area (Å²) in [7, 11) is 0. The lowest BCUT2D eigenvalue weighted by Gasteiger charge is -2.08. The molecule has 3 aromatic heterocycles. The second-order valence-corrected chi connectivity index (χ2v) is 12.5. The largest absolute Gasteiger partial charge is 0.339 e. The van der Waals surface area contributed by atoms with Gasteiger partial charge >= 0.3 is 0 Å². The van der Waals surface area contributed by atoms with Crippen molar-refractivity contribution in [3.63, 3.8) is 0 Å². The van der Waals surface area contributed by atoms with Crippen LogP contribution in [0, 0.1) is 0 Å². The molecule has 8 bridgehead atoms. The summed E-state index contributed by atoms with van der Waals surface area (Å²) in [5.41, 5.74) is 9.67. The topological polar surface area (TPSA) is 96.0 Å². The van der Waals surface area contributed by atoms with Crippen LogP contribution in [0.3, 0.4) is 0 Å². The number of H-pyrrole nitrogens is 2. The molecule has 5 aromatic carbocycles. The van der Waals surface area contributed by atoms with Crippen molar-refractivity contribution in [3.8, 4) is 56.5 Å². The first-order chi connectivity index (χ1) is 23.2. The molecule has 8 aromatic rings. The zero-order valence-corrected chi connectivity index (χ0v) is 26.2. The van der Waals surface area contributed by atoms with E-state index < -0.39 is 0 Å². The zero-order chi connectivity index (χ0) is 31.1. The fourth-order valence-electron chi connectivity index (χ4n) is 6.78. The molecule has 0 saturated carbocycles. The van der Waals surface area contributed by atoms with Gasteiger partial charge in [-0.05, 0) is 17.7 Å². The van der Waals surface area contributed by atoms with Gasteiger partial charge in [-0.2, -0.15) is 0 Å². The quantitative estimate of drug-likeness (QED) is 0.182. The van der Waals surface area contributed by atoms with E-state index in [2.05, 4.69) is 92.6 Å². The average molecular weight is 669 g/mol. The number of benzene rings is 5. The van der Waals surface area contributed by atoms with Gasteiger partial charge < -0.3 is 9.97 Å². The van der Waals surface area contributed by atoms with Gasteiger partial charge in [0.1, 0.15) is 16.9 Å². The number of fused-ring (bicyclic) bond motifs is 20. The van der Waals surface area contributed by atoms with E-state index in [-0.39, 0.29) is 0 Å². The molecule has 10 rings (SSSR count). The Kier molecular flexibility index (Phi) is 5.59. The van der Waals surface area contributed by atoms with Crippen LogP contribution in [0.2, 0.25) is 0 Å². The first-order valence-corrected chi connectivity index (χ1v) is 16.1. The van der Waals surface area contributed by atoms with E-state index in [9.17, 15) is 0 Å². The smallest absolute Gasteiger partial charge is 0.164 e. The molecule has 0 aliphatic carbocycles. The van der Waals surface area contributed by atoms with E-state index in [1.54, 1.807) is 0 Å². The van der Waals surface area contributed by atoms with Crippen molar-refractivity contribution in [1.29, 1.82) is 0 Å². The van der Waals surface area contributed by atoms with Crippen LogP contribution in [0.1, 0.15) is 0 Å². The van der Waals surface area contributed by atoms with Crippen LogP contribution in [0.15, 0.2) is 126 Å². The summed E-state index contributed by atoms with van der Waals surface area (Å²) in [6, 6.07) is 41.2. The molecule has 0 radical (unpaired) electrons. The van der Waals surface area contributed by atoms with Gasteiger partial charge in [-0.3, -0.25) is 0 Å². The molecule has 5 heterocycles. The van der Waals surface area contributed by atoms with Crippen molar-refractivity contribution in [2.24, 2.45) is 0 Å². The molecule has 8 heteroatoms. The van der Waals surface area contributed by atoms with Gasteiger partial charge in [-0.15, -0.1) is 0 Å². The minimum absolute atomic E-state index is 0.599. The molecular weight excluding hydrogens is 646 g/mol. The van der Waals surface area contributed by atoms with Crippen molar-refractivity contribution in [2.75, 3.05) is 0 Å². The van der Waals surface area contributed by atoms with Gasteiger partial charge in [0.25, 0.3) is 0 Å². The maximum atomic E-state index is 5.31. The Balaban J connectivity index is 1.48. The third-order valence-corrected chi connectivity index (χ3v) is 9.38. The number of halogens is 1. The normalized spacial score (nSPS) is 11.9. The number of hydrogen-bond acceptors (Lipinski definition) is 5. The van der Waals surface area contributed by atoms with Crippen LogP contribution in [0.5, 0.6) is 0 Å². The van der Waals surface area contributed by atoms with Crippen LogP contribution >= 0.6 is 15.9 Å². The summed E-state index contributed by atoms with van der Waals surface area (Å²) < 4.78 is 0.977. The number of aromatic nitrogens is 7. The fourth-order valence-corrected chi connectivity index (χ4v) is 7.18. The van der Waals surface area contributed by atoms with E-state index in [4.69, 9.17) is 24.9 Å². The number of nitrogens with one attached hydrogen (secondary N) is 2. The van der Waals surface area contributed by atoms with Crippen LogP contribution in [-0.2, 0) is 0 Å². The predicted molar refractivity (Wildman–Crippen MR) is 191 cm³/mol. The molecule has 0 atom stereocenters. The summed E-state index contributed by atoms with van der Waals surface area (Å²) in [4.78, 5) is 33.0. The Hall–Kier alpha value is -5.99. The van der Waals surface area contributed by atoms with E-state index in [0.717, 1.165) is 76.3 Å². The Labute approximate surface area is 276 Å². The standard InChI is InChI=1S/C39H22BrN7/c40-22-11-9-10-21(20-22)31-32-23-12-1-3-14-25(23)34(41-32)43-36-27-16-5-7-18-29(27)38(45-36)47-39-30-19-8-6-17-28(30)37(46-39)44-35-26-15-4-2-13-24(26)33(31)42-35/h1-20H,(H2,41,42,43,44,45,46,47). The molecule has 47 heavy (non-hydrogen) atoms. The number of rotatable bonds is 1. The lowest BCUT2D eigenvalue weighted by molar-refractivity contribution is 1.21. The third-order valence-electron chi connectivity index (χ3n) is 8.88. The van der Waals surface area contributed by atoms with Crippen molar-refractivity contribution in [2.45, 2.75) is 0 Å². The molecule has 0 saturated heterocycles. The first kappa shape index (κ1) is 26.2. The van der Waals surface area contributed by atoms with E-state index >= 15 is 0 Å². The Morgan fingerprint density at radius 1 is 0.426 bits per heavy atom. The molecule has 0 unspecified atom stereocenters.